The number of hydrogen-bond donors (Lipinski definition) is 2. The van der Waals surface area contributed by atoms with Crippen LogP contribution in [0.5, 0.6) is 0 Å². The second-order valence-corrected chi connectivity index (χ2v) is 8.47. The van der Waals surface area contributed by atoms with E-state index in [-0.39, 0.29) is 0 Å². The Hall–Kier alpha value is -3.61. The van der Waals surface area contributed by atoms with Crippen molar-refractivity contribution >= 4 is 17.0 Å². The molecule has 31 heavy (non-hydrogen) atoms. The Balaban J connectivity index is 1.58. The first-order chi connectivity index (χ1) is 14.9. The summed E-state index contributed by atoms with van der Waals surface area (Å²) in [7, 11) is 0. The smallest absolute Gasteiger partial charge is 0.408 e. The molecule has 0 bridgehead atoms. The third kappa shape index (κ3) is 5.31. The van der Waals surface area contributed by atoms with Crippen molar-refractivity contribution in [2.75, 3.05) is 0 Å². The summed E-state index contributed by atoms with van der Waals surface area (Å²) in [6.45, 7) is 5.48. The lowest BCUT2D eigenvalue weighted by molar-refractivity contribution is 0.0493. The normalized spacial score (nSPS) is 12.6. The third-order valence-corrected chi connectivity index (χ3v) is 4.78. The van der Waals surface area contributed by atoms with Gasteiger partial charge in [-0.05, 0) is 38.0 Å². The summed E-state index contributed by atoms with van der Waals surface area (Å²) in [5.74, 6) is 0.915. The van der Waals surface area contributed by atoms with Crippen molar-refractivity contribution in [2.45, 2.75) is 45.3 Å². The van der Waals surface area contributed by atoms with Crippen molar-refractivity contribution in [2.24, 2.45) is 0 Å². The van der Waals surface area contributed by atoms with Gasteiger partial charge in [0.05, 0.1) is 0 Å². The van der Waals surface area contributed by atoms with E-state index in [1.54, 1.807) is 0 Å². The largest absolute Gasteiger partial charge is 0.444 e. The van der Waals surface area contributed by atoms with E-state index < -0.39 is 17.7 Å². The molecule has 0 aliphatic rings. The molecule has 2 aromatic heterocycles. The Bertz CT molecular complexity index is 1160. The van der Waals surface area contributed by atoms with Crippen LogP contribution in [-0.2, 0) is 17.6 Å². The molecule has 2 aromatic carbocycles. The highest BCUT2D eigenvalue weighted by molar-refractivity contribution is 5.83. The average molecular weight is 418 g/mol. The van der Waals surface area contributed by atoms with Crippen LogP contribution in [0.15, 0.2) is 65.3 Å². The Kier molecular flexibility index (Phi) is 5.75. The zero-order valence-corrected chi connectivity index (χ0v) is 17.9. The van der Waals surface area contributed by atoms with E-state index in [1.165, 1.54) is 0 Å². The zero-order valence-electron chi connectivity index (χ0n) is 17.9. The summed E-state index contributed by atoms with van der Waals surface area (Å²) in [4.78, 5) is 20.3. The summed E-state index contributed by atoms with van der Waals surface area (Å²) in [5.41, 5.74) is 2.55. The van der Waals surface area contributed by atoms with Crippen molar-refractivity contribution in [3.05, 3.63) is 83.6 Å². The summed E-state index contributed by atoms with van der Waals surface area (Å²) in [6, 6.07) is 17.4. The SMILES string of the molecule is CC(C)(C)OC(=O)NC(Cc1c[nH]c2ccccc12)c1nc(Cc2ccccc2)no1. The van der Waals surface area contributed by atoms with Crippen molar-refractivity contribution in [3.8, 4) is 0 Å². The molecule has 0 saturated carbocycles. The van der Waals surface area contributed by atoms with Crippen molar-refractivity contribution in [3.63, 3.8) is 0 Å². The van der Waals surface area contributed by atoms with Crippen LogP contribution in [0.25, 0.3) is 10.9 Å². The van der Waals surface area contributed by atoms with Crippen molar-refractivity contribution < 1.29 is 14.1 Å². The highest BCUT2D eigenvalue weighted by Gasteiger charge is 2.26. The van der Waals surface area contributed by atoms with Crippen LogP contribution in [0.3, 0.4) is 0 Å². The number of hydrogen-bond acceptors (Lipinski definition) is 5. The van der Waals surface area contributed by atoms with Crippen LogP contribution in [0.4, 0.5) is 4.79 Å². The topological polar surface area (TPSA) is 93.0 Å². The molecule has 0 fully saturated rings. The van der Waals surface area contributed by atoms with Gasteiger partial charge in [-0.3, -0.25) is 0 Å². The number of nitrogens with one attached hydrogen (secondary N) is 2. The fourth-order valence-corrected chi connectivity index (χ4v) is 3.43. The summed E-state index contributed by atoms with van der Waals surface area (Å²) in [5, 5.41) is 8.10. The van der Waals surface area contributed by atoms with E-state index >= 15 is 0 Å². The standard InChI is InChI=1S/C24H26N4O3/c1-24(2,3)30-23(29)26-20(14-17-15-25-19-12-8-7-11-18(17)19)22-27-21(28-31-22)13-16-9-5-4-6-10-16/h4-12,15,20,25H,13-14H2,1-3H3,(H,26,29). The predicted octanol–water partition coefficient (Wildman–Crippen LogP) is 4.95. The van der Waals surface area contributed by atoms with E-state index in [1.807, 2.05) is 81.6 Å². The molecule has 4 rings (SSSR count). The molecule has 0 aliphatic heterocycles. The number of carbonyl (C=O) groups excluding carboxylic acids is 1. The monoisotopic (exact) mass is 418 g/mol. The molecular formula is C24H26N4O3. The molecule has 160 valence electrons. The highest BCUT2D eigenvalue weighted by Crippen LogP contribution is 2.25. The molecule has 7 heteroatoms. The maximum absolute atomic E-state index is 12.5. The van der Waals surface area contributed by atoms with E-state index in [4.69, 9.17) is 9.26 Å². The molecule has 0 saturated heterocycles. The van der Waals surface area contributed by atoms with Gasteiger partial charge in [-0.1, -0.05) is 53.7 Å². The minimum absolute atomic E-state index is 0.349. The van der Waals surface area contributed by atoms with Gasteiger partial charge in [0.25, 0.3) is 0 Å². The maximum atomic E-state index is 12.5. The predicted molar refractivity (Wildman–Crippen MR) is 118 cm³/mol. The number of aromatic nitrogens is 3. The lowest BCUT2D eigenvalue weighted by Crippen LogP contribution is -2.36. The molecule has 1 atom stereocenters. The third-order valence-electron chi connectivity index (χ3n) is 4.78. The lowest BCUT2D eigenvalue weighted by atomic mass is 10.0. The second kappa shape index (κ2) is 8.63. The molecule has 2 N–H and O–H groups in total. The number of para-hydroxylation sites is 1. The summed E-state index contributed by atoms with van der Waals surface area (Å²) >= 11 is 0. The molecule has 4 aromatic rings. The quantitative estimate of drug-likeness (QED) is 0.462. The molecular weight excluding hydrogens is 392 g/mol. The first-order valence-electron chi connectivity index (χ1n) is 10.3. The number of carbonyl (C=O) groups is 1. The van der Waals surface area contributed by atoms with E-state index in [0.29, 0.717) is 24.6 Å². The number of aromatic amines is 1. The number of amides is 1. The van der Waals surface area contributed by atoms with Crippen molar-refractivity contribution in [1.82, 2.24) is 20.4 Å². The maximum Gasteiger partial charge on any atom is 0.408 e. The van der Waals surface area contributed by atoms with Crippen LogP contribution in [0.1, 0.15) is 49.7 Å². The molecule has 2 heterocycles. The Labute approximate surface area is 180 Å². The van der Waals surface area contributed by atoms with Gasteiger partial charge < -0.3 is 19.6 Å². The number of H-pyrrole nitrogens is 1. The minimum Gasteiger partial charge on any atom is -0.444 e. The molecule has 0 aliphatic carbocycles. The number of benzene rings is 2. The van der Waals surface area contributed by atoms with Gasteiger partial charge in [-0.2, -0.15) is 4.98 Å². The van der Waals surface area contributed by atoms with E-state index in [0.717, 1.165) is 22.0 Å². The van der Waals surface area contributed by atoms with Gasteiger partial charge in [0.2, 0.25) is 5.89 Å². The lowest BCUT2D eigenvalue weighted by Gasteiger charge is -2.22. The number of ether oxygens (including phenoxy) is 1. The molecule has 0 radical (unpaired) electrons. The van der Waals surface area contributed by atoms with Crippen LogP contribution in [0.2, 0.25) is 0 Å². The summed E-state index contributed by atoms with van der Waals surface area (Å²) < 4.78 is 11.0. The van der Waals surface area contributed by atoms with E-state index in [2.05, 4.69) is 20.4 Å². The molecule has 7 nitrogen and oxygen atoms in total. The zero-order chi connectivity index (χ0) is 21.8. The Morgan fingerprint density at radius 1 is 1.13 bits per heavy atom. The molecule has 1 amide bonds. The van der Waals surface area contributed by atoms with Crippen LogP contribution >= 0.6 is 0 Å². The Morgan fingerprint density at radius 2 is 1.87 bits per heavy atom. The fourth-order valence-electron chi connectivity index (χ4n) is 3.43. The summed E-state index contributed by atoms with van der Waals surface area (Å²) in [6.07, 6.45) is 2.45. The Morgan fingerprint density at radius 3 is 2.65 bits per heavy atom. The molecule has 0 spiro atoms. The van der Waals surface area contributed by atoms with Gasteiger partial charge in [0.15, 0.2) is 5.82 Å². The average Bonchev–Trinajstić information content (AvgIpc) is 3.34. The second-order valence-electron chi connectivity index (χ2n) is 8.47. The molecule has 1 unspecified atom stereocenters. The first-order valence-corrected chi connectivity index (χ1v) is 10.3. The number of fused-ring (bicyclic) bond motifs is 1. The fraction of sp³-hybridized carbons (Fsp3) is 0.292. The van der Waals surface area contributed by atoms with Gasteiger partial charge >= 0.3 is 6.09 Å². The van der Waals surface area contributed by atoms with Crippen molar-refractivity contribution in [1.29, 1.82) is 0 Å². The van der Waals surface area contributed by atoms with E-state index in [9.17, 15) is 4.79 Å². The van der Waals surface area contributed by atoms with Gasteiger partial charge in [0.1, 0.15) is 11.6 Å². The number of nitrogens with zero attached hydrogens (tertiary/aromatic N) is 2. The van der Waals surface area contributed by atoms with Gasteiger partial charge in [-0.25, -0.2) is 4.79 Å². The van der Waals surface area contributed by atoms with Crippen LogP contribution in [0, 0.1) is 0 Å². The first kappa shape index (κ1) is 20.7. The van der Waals surface area contributed by atoms with Gasteiger partial charge in [-0.15, -0.1) is 0 Å². The number of alkyl carbamates (subject to hydrolysis) is 1. The van der Waals surface area contributed by atoms with Crippen LogP contribution in [-0.4, -0.2) is 26.8 Å². The number of rotatable bonds is 6. The minimum atomic E-state index is -0.608. The van der Waals surface area contributed by atoms with Crippen LogP contribution < -0.4 is 5.32 Å². The highest BCUT2D eigenvalue weighted by atomic mass is 16.6. The van der Waals surface area contributed by atoms with Gasteiger partial charge in [0, 0.05) is 29.9 Å².